The average molecular weight is 552 g/mol. The Morgan fingerprint density at radius 3 is 2.68 bits per heavy atom. The first-order valence-electron chi connectivity index (χ1n) is 14.1. The Kier molecular flexibility index (Phi) is 8.05. The van der Waals surface area contributed by atoms with Crippen LogP contribution in [0.5, 0.6) is 5.75 Å². The number of morpholine rings is 1. The van der Waals surface area contributed by atoms with Crippen LogP contribution < -0.4 is 4.74 Å². The first-order chi connectivity index (χ1) is 20.1. The second-order valence-electron chi connectivity index (χ2n) is 10.7. The predicted octanol–water partition coefficient (Wildman–Crippen LogP) is 3.31. The molecule has 0 saturated carbocycles. The molecule has 9 heteroatoms. The maximum atomic E-state index is 11.7. The van der Waals surface area contributed by atoms with Gasteiger partial charge < -0.3 is 19.5 Å². The van der Waals surface area contributed by atoms with E-state index in [2.05, 4.69) is 51.3 Å². The van der Waals surface area contributed by atoms with Gasteiger partial charge in [-0.15, -0.1) is 0 Å². The third-order valence-electron chi connectivity index (χ3n) is 8.05. The molecule has 3 aromatic rings. The van der Waals surface area contributed by atoms with E-state index in [1.54, 1.807) is 11.2 Å². The van der Waals surface area contributed by atoms with E-state index in [1.807, 2.05) is 18.2 Å². The van der Waals surface area contributed by atoms with Crippen LogP contribution in [0.3, 0.4) is 0 Å². The third kappa shape index (κ3) is 6.00. The van der Waals surface area contributed by atoms with Crippen LogP contribution in [-0.4, -0.2) is 82.9 Å². The van der Waals surface area contributed by atoms with Crippen molar-refractivity contribution in [3.63, 3.8) is 0 Å². The number of hydrogen-bond donors (Lipinski definition) is 1. The van der Waals surface area contributed by atoms with Crippen molar-refractivity contribution in [1.29, 1.82) is 5.26 Å². The lowest BCUT2D eigenvalue weighted by Crippen LogP contribution is -2.42. The van der Waals surface area contributed by atoms with E-state index in [0.29, 0.717) is 37.2 Å². The molecule has 3 heterocycles. The molecule has 1 N–H and O–H groups in total. The van der Waals surface area contributed by atoms with Crippen molar-refractivity contribution in [1.82, 2.24) is 19.8 Å². The highest BCUT2D eigenvalue weighted by atomic mass is 16.5. The third-order valence-corrected chi connectivity index (χ3v) is 8.05. The van der Waals surface area contributed by atoms with Crippen molar-refractivity contribution in [2.24, 2.45) is 0 Å². The molecule has 41 heavy (non-hydrogen) atoms. The van der Waals surface area contributed by atoms with Crippen LogP contribution in [-0.2, 0) is 22.5 Å². The van der Waals surface area contributed by atoms with E-state index in [4.69, 9.17) is 14.6 Å². The Morgan fingerprint density at radius 2 is 1.90 bits per heavy atom. The van der Waals surface area contributed by atoms with Gasteiger partial charge >= 0.3 is 0 Å². The fourth-order valence-electron chi connectivity index (χ4n) is 5.80. The van der Waals surface area contributed by atoms with Crippen molar-refractivity contribution in [2.45, 2.75) is 31.9 Å². The largest absolute Gasteiger partial charge is 0.489 e. The molecule has 0 unspecified atom stereocenters. The van der Waals surface area contributed by atoms with Gasteiger partial charge in [0.1, 0.15) is 30.9 Å². The first-order valence-corrected chi connectivity index (χ1v) is 14.1. The van der Waals surface area contributed by atoms with E-state index in [-0.39, 0.29) is 12.0 Å². The SMILES string of the molecule is N#Cc1cc(-c2ncnc3c2C=C(c2cccc(CN4CCOCC4)c2)C3)ccc1OC1CCN(C(=O)CO)CC1. The highest BCUT2D eigenvalue weighted by molar-refractivity contribution is 5.92. The van der Waals surface area contributed by atoms with Crippen LogP contribution in [0.4, 0.5) is 0 Å². The molecule has 2 aromatic carbocycles. The number of nitriles is 1. The lowest BCUT2D eigenvalue weighted by atomic mass is 10.0. The second-order valence-corrected chi connectivity index (χ2v) is 10.7. The van der Waals surface area contributed by atoms with Crippen molar-refractivity contribution in [3.8, 4) is 23.1 Å². The van der Waals surface area contributed by atoms with Crippen LogP contribution in [0.15, 0.2) is 48.8 Å². The second kappa shape index (κ2) is 12.2. The summed E-state index contributed by atoms with van der Waals surface area (Å²) >= 11 is 0. The van der Waals surface area contributed by atoms with Crippen molar-refractivity contribution >= 4 is 17.6 Å². The fraction of sp³-hybridized carbons (Fsp3) is 0.375. The highest BCUT2D eigenvalue weighted by Gasteiger charge is 2.25. The zero-order valence-corrected chi connectivity index (χ0v) is 23.0. The van der Waals surface area contributed by atoms with Crippen LogP contribution in [0.25, 0.3) is 22.9 Å². The van der Waals surface area contributed by atoms with Crippen LogP contribution >= 0.6 is 0 Å². The van der Waals surface area contributed by atoms with Gasteiger partial charge in [-0.3, -0.25) is 9.69 Å². The van der Waals surface area contributed by atoms with Gasteiger partial charge in [0.05, 0.1) is 30.2 Å². The predicted molar refractivity (Wildman–Crippen MR) is 154 cm³/mol. The minimum atomic E-state index is -0.476. The number of aromatic nitrogens is 2. The zero-order valence-electron chi connectivity index (χ0n) is 23.0. The summed E-state index contributed by atoms with van der Waals surface area (Å²) in [6.07, 6.45) is 5.71. The van der Waals surface area contributed by atoms with E-state index in [0.717, 1.165) is 61.8 Å². The molecule has 0 atom stereocenters. The van der Waals surface area contributed by atoms with Crippen molar-refractivity contribution in [3.05, 3.63) is 76.7 Å². The molecule has 2 fully saturated rings. The summed E-state index contributed by atoms with van der Waals surface area (Å²) in [4.78, 5) is 25.0. The molecule has 0 bridgehead atoms. The smallest absolute Gasteiger partial charge is 0.248 e. The summed E-state index contributed by atoms with van der Waals surface area (Å²) in [6.45, 7) is 4.98. The number of piperidine rings is 1. The molecule has 2 aliphatic heterocycles. The Morgan fingerprint density at radius 1 is 1.07 bits per heavy atom. The summed E-state index contributed by atoms with van der Waals surface area (Å²) in [7, 11) is 0. The standard InChI is InChI=1S/C32H33N5O4/c33-18-26-15-24(4-5-30(26)41-27-6-8-37(9-7-27)31(39)20-38)32-28-16-25(17-29(28)34-21-35-32)23-3-1-2-22(14-23)19-36-10-12-40-13-11-36/h1-5,14-16,21,27,38H,6-13,17,19-20H2. The quantitative estimate of drug-likeness (QED) is 0.476. The summed E-state index contributed by atoms with van der Waals surface area (Å²) < 4.78 is 11.7. The number of rotatable bonds is 7. The maximum absolute atomic E-state index is 11.7. The Hall–Kier alpha value is -4.10. The number of hydrogen-bond acceptors (Lipinski definition) is 8. The number of allylic oxidation sites excluding steroid dienone is 1. The van der Waals surface area contributed by atoms with E-state index in [9.17, 15) is 10.1 Å². The fourth-order valence-corrected chi connectivity index (χ4v) is 5.80. The number of aliphatic hydroxyl groups excluding tert-OH is 1. The number of carbonyl (C=O) groups is 1. The van der Waals surface area contributed by atoms with Crippen LogP contribution in [0, 0.1) is 11.3 Å². The lowest BCUT2D eigenvalue weighted by Gasteiger charge is -2.32. The molecule has 210 valence electrons. The van der Waals surface area contributed by atoms with Gasteiger partial charge in [-0.05, 0) is 41.0 Å². The van der Waals surface area contributed by atoms with E-state index in [1.165, 1.54) is 16.7 Å². The number of aliphatic hydroxyl groups is 1. The molecule has 1 amide bonds. The zero-order chi connectivity index (χ0) is 28.2. The highest BCUT2D eigenvalue weighted by Crippen LogP contribution is 2.37. The van der Waals surface area contributed by atoms with E-state index >= 15 is 0 Å². The number of ether oxygens (including phenoxy) is 2. The first kappa shape index (κ1) is 27.1. The molecule has 3 aliphatic rings. The molecule has 6 rings (SSSR count). The lowest BCUT2D eigenvalue weighted by molar-refractivity contribution is -0.135. The number of nitrogens with zero attached hydrogens (tertiary/aromatic N) is 5. The summed E-state index contributed by atoms with van der Waals surface area (Å²) in [5.74, 6) is 0.267. The molecule has 2 saturated heterocycles. The van der Waals surface area contributed by atoms with Crippen LogP contribution in [0.1, 0.15) is 40.8 Å². The Balaban J connectivity index is 1.20. The molecular weight excluding hydrogens is 518 g/mol. The molecule has 1 aliphatic carbocycles. The summed E-state index contributed by atoms with van der Waals surface area (Å²) in [5, 5.41) is 19.0. The number of benzene rings is 2. The molecular formula is C32H33N5O4. The van der Waals surface area contributed by atoms with Gasteiger partial charge in [-0.25, -0.2) is 9.97 Å². The number of amides is 1. The minimum absolute atomic E-state index is 0.0940. The number of likely N-dealkylation sites (tertiary alicyclic amines) is 1. The van der Waals surface area contributed by atoms with Gasteiger partial charge in [-0.1, -0.05) is 24.3 Å². The number of fused-ring (bicyclic) bond motifs is 1. The monoisotopic (exact) mass is 551 g/mol. The van der Waals surface area contributed by atoms with Gasteiger partial charge in [-0.2, -0.15) is 5.26 Å². The molecule has 1 aromatic heterocycles. The van der Waals surface area contributed by atoms with Gasteiger partial charge in [0, 0.05) is 63.1 Å². The normalized spacial score (nSPS) is 17.6. The van der Waals surface area contributed by atoms with Gasteiger partial charge in [0.25, 0.3) is 0 Å². The maximum Gasteiger partial charge on any atom is 0.248 e. The van der Waals surface area contributed by atoms with Crippen LogP contribution in [0.2, 0.25) is 0 Å². The van der Waals surface area contributed by atoms with Gasteiger partial charge in [0.2, 0.25) is 5.91 Å². The van der Waals surface area contributed by atoms with Gasteiger partial charge in [0.15, 0.2) is 0 Å². The topological polar surface area (TPSA) is 112 Å². The average Bonchev–Trinajstić information content (AvgIpc) is 3.47. The minimum Gasteiger partial charge on any atom is -0.489 e. The van der Waals surface area contributed by atoms with E-state index < -0.39 is 6.61 Å². The molecule has 0 radical (unpaired) electrons. The summed E-state index contributed by atoms with van der Waals surface area (Å²) in [6, 6.07) is 16.6. The Bertz CT molecular complexity index is 1500. The molecule has 0 spiro atoms. The van der Waals surface area contributed by atoms with Crippen molar-refractivity contribution < 1.29 is 19.4 Å². The summed E-state index contributed by atoms with van der Waals surface area (Å²) in [5.41, 5.74) is 7.73. The molecule has 9 nitrogen and oxygen atoms in total. The Labute approximate surface area is 239 Å². The number of carbonyl (C=O) groups excluding carboxylic acids is 1. The van der Waals surface area contributed by atoms with Crippen molar-refractivity contribution in [2.75, 3.05) is 46.0 Å².